The Bertz CT molecular complexity index is 1000. The van der Waals surface area contributed by atoms with Crippen LogP contribution in [0.15, 0.2) is 69.6 Å². The minimum Gasteiger partial charge on any atom is -0.272 e. The van der Waals surface area contributed by atoms with Crippen LogP contribution in [-0.2, 0) is 10.5 Å². The van der Waals surface area contributed by atoms with E-state index in [1.165, 1.54) is 0 Å². The van der Waals surface area contributed by atoms with E-state index < -0.39 is 0 Å². The van der Waals surface area contributed by atoms with Crippen molar-refractivity contribution in [2.24, 2.45) is 5.10 Å². The van der Waals surface area contributed by atoms with E-state index in [0.717, 1.165) is 44.2 Å². The third-order valence-corrected chi connectivity index (χ3v) is 6.68. The fourth-order valence-corrected chi connectivity index (χ4v) is 5.02. The van der Waals surface area contributed by atoms with E-state index >= 15 is 0 Å². The highest BCUT2D eigenvalue weighted by atomic mass is 79.9. The molecule has 0 aliphatic carbocycles. The van der Waals surface area contributed by atoms with Gasteiger partial charge in [0.2, 0.25) is 0 Å². The molecule has 0 atom stereocenters. The number of benzene rings is 2. The summed E-state index contributed by atoms with van der Waals surface area (Å²) in [6.45, 7) is 0.660. The van der Waals surface area contributed by atoms with Gasteiger partial charge in [-0.15, -0.1) is 23.1 Å². The number of hydrazone groups is 1. The summed E-state index contributed by atoms with van der Waals surface area (Å²) in [6.07, 6.45) is 0.808. The second-order valence-corrected chi connectivity index (χ2v) is 9.09. The van der Waals surface area contributed by atoms with Crippen molar-refractivity contribution in [3.63, 3.8) is 0 Å². The molecule has 142 valence electrons. The Hall–Kier alpha value is -1.96. The zero-order valence-corrected chi connectivity index (χ0v) is 18.3. The van der Waals surface area contributed by atoms with Crippen molar-refractivity contribution in [2.75, 3.05) is 12.3 Å². The number of aromatic nitrogens is 1. The van der Waals surface area contributed by atoms with Gasteiger partial charge in [0.25, 0.3) is 5.91 Å². The highest BCUT2D eigenvalue weighted by Gasteiger charge is 2.21. The number of thiazole rings is 1. The van der Waals surface area contributed by atoms with Crippen LogP contribution in [0, 0.1) is 0 Å². The van der Waals surface area contributed by atoms with Crippen LogP contribution in [0.4, 0.5) is 0 Å². The number of nitrogens with zero attached hydrogens (tertiary/aromatic N) is 3. The third kappa shape index (κ3) is 4.71. The van der Waals surface area contributed by atoms with Crippen LogP contribution < -0.4 is 0 Å². The molecular formula is C21H18BrN3OS2. The van der Waals surface area contributed by atoms with Crippen molar-refractivity contribution < 1.29 is 4.79 Å². The molecule has 0 unspecified atom stereocenters. The quantitative estimate of drug-likeness (QED) is 0.480. The maximum absolute atomic E-state index is 12.5. The smallest absolute Gasteiger partial charge is 0.252 e. The number of carbonyl (C=O) groups is 1. The summed E-state index contributed by atoms with van der Waals surface area (Å²) in [6, 6.07) is 18.2. The van der Waals surface area contributed by atoms with E-state index in [2.05, 4.69) is 38.5 Å². The van der Waals surface area contributed by atoms with Crippen LogP contribution in [-0.4, -0.2) is 33.9 Å². The summed E-state index contributed by atoms with van der Waals surface area (Å²) in [7, 11) is 0. The normalized spacial score (nSPS) is 13.6. The van der Waals surface area contributed by atoms with Crippen LogP contribution >= 0.6 is 39.0 Å². The minimum absolute atomic E-state index is 0.0541. The van der Waals surface area contributed by atoms with E-state index in [4.69, 9.17) is 4.98 Å². The van der Waals surface area contributed by atoms with Crippen molar-refractivity contribution in [1.29, 1.82) is 0 Å². The molecule has 0 N–H and O–H groups in total. The number of hydrogen-bond donors (Lipinski definition) is 0. The Balaban J connectivity index is 1.30. The van der Waals surface area contributed by atoms with E-state index in [-0.39, 0.29) is 5.91 Å². The molecule has 4 nitrogen and oxygen atoms in total. The Labute approximate surface area is 180 Å². The molecule has 7 heteroatoms. The van der Waals surface area contributed by atoms with Gasteiger partial charge in [-0.3, -0.25) is 4.79 Å². The van der Waals surface area contributed by atoms with Gasteiger partial charge in [-0.05, 0) is 17.7 Å². The number of halogens is 1. The van der Waals surface area contributed by atoms with Crippen molar-refractivity contribution in [2.45, 2.75) is 12.2 Å². The first-order valence-corrected chi connectivity index (χ1v) is 11.7. The van der Waals surface area contributed by atoms with Gasteiger partial charge in [0.05, 0.1) is 23.7 Å². The summed E-state index contributed by atoms with van der Waals surface area (Å²) in [5.41, 5.74) is 4.18. The van der Waals surface area contributed by atoms with Crippen molar-refractivity contribution in [3.8, 4) is 10.6 Å². The topological polar surface area (TPSA) is 45.6 Å². The van der Waals surface area contributed by atoms with Crippen LogP contribution in [0.5, 0.6) is 0 Å². The molecule has 1 aliphatic heterocycles. The summed E-state index contributed by atoms with van der Waals surface area (Å²) in [5.74, 6) is 1.19. The van der Waals surface area contributed by atoms with Gasteiger partial charge in [-0.1, -0.05) is 58.4 Å². The predicted molar refractivity (Wildman–Crippen MR) is 121 cm³/mol. The number of hydrogen-bond acceptors (Lipinski definition) is 5. The highest BCUT2D eigenvalue weighted by molar-refractivity contribution is 9.10. The maximum atomic E-state index is 12.5. The second-order valence-electron chi connectivity index (χ2n) is 6.33. The molecule has 0 bridgehead atoms. The predicted octanol–water partition coefficient (Wildman–Crippen LogP) is 5.44. The zero-order chi connectivity index (χ0) is 19.3. The summed E-state index contributed by atoms with van der Waals surface area (Å²) < 4.78 is 1.04. The SMILES string of the molecule is O=C(CSCc1csc(-c2cccc(Br)c2)n1)N1CCC(c2ccccc2)=N1. The van der Waals surface area contributed by atoms with Gasteiger partial charge in [-0.2, -0.15) is 5.10 Å². The van der Waals surface area contributed by atoms with E-state index in [1.54, 1.807) is 28.1 Å². The van der Waals surface area contributed by atoms with Gasteiger partial charge >= 0.3 is 0 Å². The van der Waals surface area contributed by atoms with Crippen molar-refractivity contribution in [1.82, 2.24) is 9.99 Å². The van der Waals surface area contributed by atoms with Gasteiger partial charge < -0.3 is 0 Å². The first kappa shape index (κ1) is 19.4. The van der Waals surface area contributed by atoms with Gasteiger partial charge in [0.1, 0.15) is 5.01 Å². The molecule has 1 aliphatic rings. The monoisotopic (exact) mass is 471 g/mol. The summed E-state index contributed by atoms with van der Waals surface area (Å²) >= 11 is 6.71. The Morgan fingerprint density at radius 3 is 2.79 bits per heavy atom. The molecule has 28 heavy (non-hydrogen) atoms. The fraction of sp³-hybridized carbons (Fsp3) is 0.190. The average molecular weight is 472 g/mol. The Kier molecular flexibility index (Phi) is 6.24. The van der Waals surface area contributed by atoms with Crippen molar-refractivity contribution >= 4 is 50.6 Å². The van der Waals surface area contributed by atoms with E-state index in [0.29, 0.717) is 12.3 Å². The molecule has 2 heterocycles. The van der Waals surface area contributed by atoms with Gasteiger partial charge in [-0.25, -0.2) is 9.99 Å². The van der Waals surface area contributed by atoms with Crippen LogP contribution in [0.25, 0.3) is 10.6 Å². The molecule has 0 saturated carbocycles. The van der Waals surface area contributed by atoms with Crippen LogP contribution in [0.1, 0.15) is 17.7 Å². The van der Waals surface area contributed by atoms with E-state index in [9.17, 15) is 4.79 Å². The number of rotatable bonds is 6. The average Bonchev–Trinajstić information content (AvgIpc) is 3.39. The Morgan fingerprint density at radius 2 is 1.96 bits per heavy atom. The molecule has 1 amide bonds. The van der Waals surface area contributed by atoms with E-state index in [1.807, 2.05) is 42.5 Å². The lowest BCUT2D eigenvalue weighted by Crippen LogP contribution is -2.25. The van der Waals surface area contributed by atoms with Crippen LogP contribution in [0.3, 0.4) is 0 Å². The molecule has 3 aromatic rings. The highest BCUT2D eigenvalue weighted by Crippen LogP contribution is 2.27. The molecule has 0 spiro atoms. The fourth-order valence-electron chi connectivity index (χ4n) is 2.92. The number of thioether (sulfide) groups is 1. The first-order chi connectivity index (χ1) is 13.7. The van der Waals surface area contributed by atoms with Crippen LogP contribution in [0.2, 0.25) is 0 Å². The molecule has 1 aromatic heterocycles. The molecule has 2 aromatic carbocycles. The lowest BCUT2D eigenvalue weighted by molar-refractivity contribution is -0.127. The zero-order valence-electron chi connectivity index (χ0n) is 15.0. The standard InChI is InChI=1S/C21H18BrN3OS2/c22-17-8-4-7-16(11-17)21-23-18(13-28-21)12-27-14-20(26)25-10-9-19(24-25)15-5-2-1-3-6-15/h1-8,11,13H,9-10,12,14H2. The number of amides is 1. The largest absolute Gasteiger partial charge is 0.272 e. The maximum Gasteiger partial charge on any atom is 0.252 e. The van der Waals surface area contributed by atoms with Crippen molar-refractivity contribution in [3.05, 3.63) is 75.7 Å². The minimum atomic E-state index is 0.0541. The van der Waals surface area contributed by atoms with Gasteiger partial charge in [0, 0.05) is 27.6 Å². The molecule has 0 radical (unpaired) electrons. The Morgan fingerprint density at radius 1 is 1.14 bits per heavy atom. The second kappa shape index (κ2) is 9.03. The molecule has 0 fully saturated rings. The lowest BCUT2D eigenvalue weighted by Gasteiger charge is -2.10. The summed E-state index contributed by atoms with van der Waals surface area (Å²) in [4.78, 5) is 17.1. The molecule has 0 saturated heterocycles. The number of carbonyl (C=O) groups excluding carboxylic acids is 1. The third-order valence-electron chi connectivity index (χ3n) is 4.30. The molecular weight excluding hydrogens is 454 g/mol. The summed E-state index contributed by atoms with van der Waals surface area (Å²) in [5, 5.41) is 9.17. The molecule has 4 rings (SSSR count). The van der Waals surface area contributed by atoms with Gasteiger partial charge in [0.15, 0.2) is 0 Å². The lowest BCUT2D eigenvalue weighted by atomic mass is 10.1. The first-order valence-electron chi connectivity index (χ1n) is 8.90.